The Hall–Kier alpha value is -1.06. The Morgan fingerprint density at radius 1 is 1.10 bits per heavy atom. The zero-order valence-corrected chi connectivity index (χ0v) is 13.5. The molecule has 0 amide bonds. The molecular formula is C18H29N3. The molecule has 1 aromatic carbocycles. The maximum Gasteiger partial charge on any atom is 0.0412 e. The van der Waals surface area contributed by atoms with Crippen LogP contribution in [0.1, 0.15) is 32.3 Å². The van der Waals surface area contributed by atoms with Crippen LogP contribution in [0, 0.1) is 5.92 Å². The van der Waals surface area contributed by atoms with Crippen molar-refractivity contribution in [2.75, 3.05) is 37.6 Å². The fourth-order valence-corrected chi connectivity index (χ4v) is 3.20. The van der Waals surface area contributed by atoms with E-state index in [0.717, 1.165) is 31.6 Å². The Balaban J connectivity index is 1.58. The van der Waals surface area contributed by atoms with Gasteiger partial charge in [0, 0.05) is 51.0 Å². The highest BCUT2D eigenvalue weighted by molar-refractivity contribution is 5.54. The summed E-state index contributed by atoms with van der Waals surface area (Å²) in [7, 11) is 0. The standard InChI is InChI=1S/C18H29N3/c1-15(2)14-20-9-11-21(12-10-20)18-6-4-3-5-16(18)13-19-17-7-8-17/h3-6,15,17,19H,7-14H2,1-2H3. The van der Waals surface area contributed by atoms with Crippen molar-refractivity contribution in [1.82, 2.24) is 10.2 Å². The third kappa shape index (κ3) is 4.21. The van der Waals surface area contributed by atoms with E-state index >= 15 is 0 Å². The zero-order chi connectivity index (χ0) is 14.7. The van der Waals surface area contributed by atoms with Gasteiger partial charge in [-0.2, -0.15) is 0 Å². The predicted molar refractivity (Wildman–Crippen MR) is 89.8 cm³/mol. The number of para-hydroxylation sites is 1. The minimum absolute atomic E-state index is 0.770. The summed E-state index contributed by atoms with van der Waals surface area (Å²) in [5, 5.41) is 3.65. The van der Waals surface area contributed by atoms with E-state index in [-0.39, 0.29) is 0 Å². The molecule has 0 spiro atoms. The topological polar surface area (TPSA) is 18.5 Å². The van der Waals surface area contributed by atoms with Gasteiger partial charge in [-0.15, -0.1) is 0 Å². The third-order valence-electron chi connectivity index (χ3n) is 4.49. The molecule has 1 heterocycles. The molecule has 2 fully saturated rings. The fraction of sp³-hybridized carbons (Fsp3) is 0.667. The summed E-state index contributed by atoms with van der Waals surface area (Å²) in [4.78, 5) is 5.17. The van der Waals surface area contributed by atoms with Crippen LogP contribution in [0.3, 0.4) is 0 Å². The van der Waals surface area contributed by atoms with Crippen LogP contribution >= 0.6 is 0 Å². The Kier molecular flexibility index (Phi) is 4.81. The van der Waals surface area contributed by atoms with Crippen molar-refractivity contribution in [1.29, 1.82) is 0 Å². The molecule has 1 aromatic rings. The Labute approximate surface area is 129 Å². The number of hydrogen-bond donors (Lipinski definition) is 1. The molecule has 21 heavy (non-hydrogen) atoms. The number of nitrogens with zero attached hydrogens (tertiary/aromatic N) is 2. The van der Waals surface area contributed by atoms with Gasteiger partial charge < -0.3 is 10.2 Å². The van der Waals surface area contributed by atoms with Gasteiger partial charge in [-0.25, -0.2) is 0 Å². The largest absolute Gasteiger partial charge is 0.369 e. The minimum atomic E-state index is 0.770. The van der Waals surface area contributed by atoms with E-state index in [2.05, 4.69) is 53.2 Å². The summed E-state index contributed by atoms with van der Waals surface area (Å²) in [6.45, 7) is 11.6. The van der Waals surface area contributed by atoms with Gasteiger partial charge in [0.1, 0.15) is 0 Å². The van der Waals surface area contributed by atoms with Crippen molar-refractivity contribution < 1.29 is 0 Å². The Bertz CT molecular complexity index is 446. The lowest BCUT2D eigenvalue weighted by Gasteiger charge is -2.37. The number of nitrogens with one attached hydrogen (secondary N) is 1. The van der Waals surface area contributed by atoms with Crippen LogP contribution in [0.5, 0.6) is 0 Å². The monoisotopic (exact) mass is 287 g/mol. The van der Waals surface area contributed by atoms with Crippen molar-refractivity contribution in [2.24, 2.45) is 5.92 Å². The fourth-order valence-electron chi connectivity index (χ4n) is 3.20. The predicted octanol–water partition coefficient (Wildman–Crippen LogP) is 2.72. The van der Waals surface area contributed by atoms with E-state index in [9.17, 15) is 0 Å². The maximum atomic E-state index is 3.65. The maximum absolute atomic E-state index is 3.65. The lowest BCUT2D eigenvalue weighted by Crippen LogP contribution is -2.47. The molecule has 0 unspecified atom stereocenters. The van der Waals surface area contributed by atoms with Crippen molar-refractivity contribution in [3.05, 3.63) is 29.8 Å². The second-order valence-electron chi connectivity index (χ2n) is 6.97. The molecule has 1 aliphatic heterocycles. The van der Waals surface area contributed by atoms with E-state index in [0.29, 0.717) is 0 Å². The van der Waals surface area contributed by atoms with Gasteiger partial charge in [0.25, 0.3) is 0 Å². The van der Waals surface area contributed by atoms with Crippen LogP contribution in [0.25, 0.3) is 0 Å². The molecule has 1 aliphatic carbocycles. The van der Waals surface area contributed by atoms with Gasteiger partial charge in [0.2, 0.25) is 0 Å². The van der Waals surface area contributed by atoms with Crippen LogP contribution in [0.2, 0.25) is 0 Å². The first kappa shape index (κ1) is 14.9. The lowest BCUT2D eigenvalue weighted by atomic mass is 10.1. The van der Waals surface area contributed by atoms with Gasteiger partial charge in [-0.3, -0.25) is 4.90 Å². The van der Waals surface area contributed by atoms with Crippen LogP contribution in [0.4, 0.5) is 5.69 Å². The first-order valence-electron chi connectivity index (χ1n) is 8.51. The van der Waals surface area contributed by atoms with E-state index < -0.39 is 0 Å². The molecule has 3 rings (SSSR count). The second-order valence-corrected chi connectivity index (χ2v) is 6.97. The molecule has 1 N–H and O–H groups in total. The van der Waals surface area contributed by atoms with Gasteiger partial charge >= 0.3 is 0 Å². The minimum Gasteiger partial charge on any atom is -0.369 e. The Morgan fingerprint density at radius 2 is 1.81 bits per heavy atom. The van der Waals surface area contributed by atoms with Crippen LogP contribution < -0.4 is 10.2 Å². The number of benzene rings is 1. The zero-order valence-electron chi connectivity index (χ0n) is 13.5. The summed E-state index contributed by atoms with van der Waals surface area (Å²) >= 11 is 0. The smallest absolute Gasteiger partial charge is 0.0412 e. The summed E-state index contributed by atoms with van der Waals surface area (Å²) in [6.07, 6.45) is 2.71. The van der Waals surface area contributed by atoms with Crippen molar-refractivity contribution in [3.8, 4) is 0 Å². The highest BCUT2D eigenvalue weighted by atomic mass is 15.3. The lowest BCUT2D eigenvalue weighted by molar-refractivity contribution is 0.231. The quantitative estimate of drug-likeness (QED) is 0.868. The molecular weight excluding hydrogens is 258 g/mol. The van der Waals surface area contributed by atoms with E-state index in [4.69, 9.17) is 0 Å². The summed E-state index contributed by atoms with van der Waals surface area (Å²) in [5.74, 6) is 0.770. The van der Waals surface area contributed by atoms with Gasteiger partial charge in [-0.05, 0) is 30.4 Å². The first-order valence-corrected chi connectivity index (χ1v) is 8.51. The summed E-state index contributed by atoms with van der Waals surface area (Å²) in [5.41, 5.74) is 2.90. The Morgan fingerprint density at radius 3 is 2.48 bits per heavy atom. The normalized spacial score (nSPS) is 20.2. The SMILES string of the molecule is CC(C)CN1CCN(c2ccccc2CNC2CC2)CC1. The molecule has 116 valence electrons. The van der Waals surface area contributed by atoms with Crippen molar-refractivity contribution in [2.45, 2.75) is 39.3 Å². The van der Waals surface area contributed by atoms with Crippen LogP contribution in [-0.2, 0) is 6.54 Å². The number of hydrogen-bond acceptors (Lipinski definition) is 3. The highest BCUT2D eigenvalue weighted by Crippen LogP contribution is 2.24. The number of piperazine rings is 1. The molecule has 2 aliphatic rings. The summed E-state index contributed by atoms with van der Waals surface area (Å²) < 4.78 is 0. The van der Waals surface area contributed by atoms with Gasteiger partial charge in [0.05, 0.1) is 0 Å². The first-order chi connectivity index (χ1) is 10.2. The van der Waals surface area contributed by atoms with Gasteiger partial charge in [-0.1, -0.05) is 32.0 Å². The average Bonchev–Trinajstić information content (AvgIpc) is 3.30. The van der Waals surface area contributed by atoms with E-state index in [1.54, 1.807) is 0 Å². The van der Waals surface area contributed by atoms with Crippen molar-refractivity contribution in [3.63, 3.8) is 0 Å². The van der Waals surface area contributed by atoms with E-state index in [1.165, 1.54) is 43.7 Å². The van der Waals surface area contributed by atoms with E-state index in [1.807, 2.05) is 0 Å². The van der Waals surface area contributed by atoms with Crippen LogP contribution in [-0.4, -0.2) is 43.7 Å². The van der Waals surface area contributed by atoms with Crippen molar-refractivity contribution >= 4 is 5.69 Å². The number of anilines is 1. The molecule has 0 radical (unpaired) electrons. The molecule has 0 aromatic heterocycles. The molecule has 3 heteroatoms. The average molecular weight is 287 g/mol. The molecule has 1 saturated carbocycles. The molecule has 0 bridgehead atoms. The molecule has 1 saturated heterocycles. The third-order valence-corrected chi connectivity index (χ3v) is 4.49. The molecule has 0 atom stereocenters. The molecule has 3 nitrogen and oxygen atoms in total. The number of rotatable bonds is 6. The van der Waals surface area contributed by atoms with Crippen LogP contribution in [0.15, 0.2) is 24.3 Å². The highest BCUT2D eigenvalue weighted by Gasteiger charge is 2.22. The summed E-state index contributed by atoms with van der Waals surface area (Å²) in [6, 6.07) is 9.70. The second kappa shape index (κ2) is 6.80. The van der Waals surface area contributed by atoms with Gasteiger partial charge in [0.15, 0.2) is 0 Å².